The molecule has 0 saturated carbocycles. The molecule has 24 heavy (non-hydrogen) atoms. The number of thiophene rings is 1. The van der Waals surface area contributed by atoms with E-state index in [9.17, 15) is 14.7 Å². The van der Waals surface area contributed by atoms with Gasteiger partial charge in [-0.15, -0.1) is 11.3 Å². The van der Waals surface area contributed by atoms with E-state index in [4.69, 9.17) is 9.84 Å². The highest BCUT2D eigenvalue weighted by Crippen LogP contribution is 2.20. The first kappa shape index (κ1) is 18.1. The minimum atomic E-state index is -0.542. The Bertz CT molecular complexity index is 819. The zero-order valence-corrected chi connectivity index (χ0v) is 14.3. The van der Waals surface area contributed by atoms with Crippen molar-refractivity contribution in [3.05, 3.63) is 55.6 Å². The Morgan fingerprint density at radius 3 is 2.88 bits per heavy atom. The molecule has 0 radical (unpaired) electrons. The number of ether oxygens (including phenoxy) is 1. The molecule has 0 fully saturated rings. The summed E-state index contributed by atoms with van der Waals surface area (Å²) in [6.07, 6.45) is 2.87. The van der Waals surface area contributed by atoms with E-state index in [1.54, 1.807) is 20.0 Å². The average molecular weight is 349 g/mol. The van der Waals surface area contributed by atoms with Gasteiger partial charge in [-0.2, -0.15) is 0 Å². The van der Waals surface area contributed by atoms with Crippen molar-refractivity contribution in [2.24, 2.45) is 7.05 Å². The topological polar surface area (TPSA) is 88.8 Å². The van der Waals surface area contributed by atoms with Crippen LogP contribution in [-0.2, 0) is 18.4 Å². The molecule has 7 heteroatoms. The number of carbonyl (C=O) groups excluding carboxylic acids is 1. The molecule has 0 aliphatic heterocycles. The third-order valence-electron chi connectivity index (χ3n) is 3.46. The van der Waals surface area contributed by atoms with Gasteiger partial charge in [-0.1, -0.05) is 0 Å². The van der Waals surface area contributed by atoms with Crippen LogP contribution in [0.4, 0.5) is 0 Å². The lowest BCUT2D eigenvalue weighted by molar-refractivity contribution is 0.0831. The number of carbonyl (C=O) groups is 1. The minimum absolute atomic E-state index is 0.0262. The second-order valence-corrected chi connectivity index (χ2v) is 6.39. The van der Waals surface area contributed by atoms with Crippen LogP contribution in [0.5, 0.6) is 5.75 Å². The number of allylic oxidation sites excluding steroid dienone is 1. The molecular weight excluding hydrogens is 330 g/mol. The molecule has 0 amide bonds. The smallest absolute Gasteiger partial charge is 0.265 e. The Hall–Kier alpha value is -2.22. The third kappa shape index (κ3) is 4.19. The zero-order valence-electron chi connectivity index (χ0n) is 13.5. The van der Waals surface area contributed by atoms with Crippen LogP contribution in [0, 0.1) is 6.92 Å². The summed E-state index contributed by atoms with van der Waals surface area (Å²) >= 11 is 1.44. The molecular formula is C17H19NO5S. The summed E-state index contributed by atoms with van der Waals surface area (Å²) in [7, 11) is 1.55. The molecule has 2 aromatic rings. The number of hydrogen-bond acceptors (Lipinski definition) is 6. The van der Waals surface area contributed by atoms with Crippen molar-refractivity contribution in [1.29, 1.82) is 0 Å². The van der Waals surface area contributed by atoms with Crippen molar-refractivity contribution >= 4 is 23.2 Å². The number of aliphatic hydroxyl groups excluding tert-OH is 1. The summed E-state index contributed by atoms with van der Waals surface area (Å²) in [6, 6.07) is 5.10. The van der Waals surface area contributed by atoms with E-state index in [0.717, 1.165) is 9.75 Å². The molecule has 0 atom stereocenters. The van der Waals surface area contributed by atoms with E-state index < -0.39 is 11.3 Å². The van der Waals surface area contributed by atoms with Gasteiger partial charge in [0.2, 0.25) is 0 Å². The number of nitrogens with zero attached hydrogens (tertiary/aromatic N) is 1. The van der Waals surface area contributed by atoms with Crippen molar-refractivity contribution in [3.8, 4) is 5.75 Å². The van der Waals surface area contributed by atoms with E-state index in [1.807, 2.05) is 12.1 Å². The molecule has 0 saturated heterocycles. The van der Waals surface area contributed by atoms with Gasteiger partial charge in [0.15, 0.2) is 5.78 Å². The summed E-state index contributed by atoms with van der Waals surface area (Å²) in [5, 5.41) is 18.6. The summed E-state index contributed by atoms with van der Waals surface area (Å²) < 4.78 is 6.55. The maximum atomic E-state index is 12.2. The molecule has 2 heterocycles. The molecule has 6 nitrogen and oxygen atoms in total. The summed E-state index contributed by atoms with van der Waals surface area (Å²) in [5.74, 6) is -0.853. The monoisotopic (exact) mass is 349 g/mol. The number of pyridine rings is 1. The van der Waals surface area contributed by atoms with Crippen molar-refractivity contribution in [1.82, 2.24) is 4.57 Å². The number of aromatic nitrogens is 1. The quantitative estimate of drug-likeness (QED) is 0.452. The van der Waals surface area contributed by atoms with Crippen molar-refractivity contribution in [2.75, 3.05) is 13.2 Å². The largest absolute Gasteiger partial charge is 0.507 e. The predicted molar refractivity (Wildman–Crippen MR) is 92.5 cm³/mol. The standard InChI is InChI=1S/C17H19NO5S/c1-11-9-15(21)16(17(22)18(11)2)14(20)6-5-12-3-4-13(24-12)10-23-8-7-19/h3-6,9,19,21H,7-8,10H2,1-2H3. The highest BCUT2D eigenvalue weighted by molar-refractivity contribution is 7.12. The fourth-order valence-corrected chi connectivity index (χ4v) is 2.93. The molecule has 0 bridgehead atoms. The van der Waals surface area contributed by atoms with Gasteiger partial charge in [-0.05, 0) is 31.2 Å². The normalized spacial score (nSPS) is 11.3. The summed E-state index contributed by atoms with van der Waals surface area (Å²) in [4.78, 5) is 26.2. The van der Waals surface area contributed by atoms with Crippen LogP contribution in [0.1, 0.15) is 25.8 Å². The molecule has 0 unspecified atom stereocenters. The average Bonchev–Trinajstić information content (AvgIpc) is 2.99. The summed E-state index contributed by atoms with van der Waals surface area (Å²) in [5.41, 5.74) is -0.183. The van der Waals surface area contributed by atoms with Gasteiger partial charge in [-0.25, -0.2) is 0 Å². The van der Waals surface area contributed by atoms with Gasteiger partial charge in [0.1, 0.15) is 11.3 Å². The van der Waals surface area contributed by atoms with Gasteiger partial charge in [0.05, 0.1) is 19.8 Å². The lowest BCUT2D eigenvalue weighted by Crippen LogP contribution is -2.25. The molecule has 128 valence electrons. The highest BCUT2D eigenvalue weighted by Gasteiger charge is 2.16. The van der Waals surface area contributed by atoms with E-state index >= 15 is 0 Å². The van der Waals surface area contributed by atoms with Crippen molar-refractivity contribution in [3.63, 3.8) is 0 Å². The van der Waals surface area contributed by atoms with E-state index in [-0.39, 0.29) is 24.5 Å². The number of aromatic hydroxyl groups is 1. The van der Waals surface area contributed by atoms with Gasteiger partial charge < -0.3 is 19.5 Å². The number of hydrogen-bond donors (Lipinski definition) is 2. The highest BCUT2D eigenvalue weighted by atomic mass is 32.1. The zero-order chi connectivity index (χ0) is 17.7. The van der Waals surface area contributed by atoms with E-state index in [0.29, 0.717) is 12.3 Å². The number of rotatable bonds is 7. The molecule has 0 spiro atoms. The Balaban J connectivity index is 2.14. The molecule has 0 aliphatic rings. The Morgan fingerprint density at radius 2 is 2.17 bits per heavy atom. The van der Waals surface area contributed by atoms with Crippen LogP contribution in [0.2, 0.25) is 0 Å². The third-order valence-corrected chi connectivity index (χ3v) is 4.48. The first-order valence-electron chi connectivity index (χ1n) is 7.33. The molecule has 0 aliphatic carbocycles. The predicted octanol–water partition coefficient (Wildman–Crippen LogP) is 1.87. The van der Waals surface area contributed by atoms with Gasteiger partial charge >= 0.3 is 0 Å². The van der Waals surface area contributed by atoms with Crippen molar-refractivity contribution < 1.29 is 19.7 Å². The fraction of sp³-hybridized carbons (Fsp3) is 0.294. The van der Waals surface area contributed by atoms with Crippen molar-refractivity contribution in [2.45, 2.75) is 13.5 Å². The van der Waals surface area contributed by atoms with Gasteiger partial charge in [0, 0.05) is 28.6 Å². The number of aliphatic hydroxyl groups is 1. The molecule has 2 rings (SSSR count). The first-order valence-corrected chi connectivity index (χ1v) is 8.15. The minimum Gasteiger partial charge on any atom is -0.507 e. The number of aryl methyl sites for hydroxylation is 1. The molecule has 0 aromatic carbocycles. The van der Waals surface area contributed by atoms with Crippen LogP contribution in [0.3, 0.4) is 0 Å². The summed E-state index contributed by atoms with van der Waals surface area (Å²) in [6.45, 7) is 2.32. The van der Waals surface area contributed by atoms with Crippen LogP contribution in [0.25, 0.3) is 6.08 Å². The second-order valence-electron chi connectivity index (χ2n) is 5.19. The van der Waals surface area contributed by atoms with Gasteiger partial charge in [-0.3, -0.25) is 9.59 Å². The maximum absolute atomic E-state index is 12.2. The molecule has 2 N–H and O–H groups in total. The Kier molecular flexibility index (Phi) is 6.08. The van der Waals surface area contributed by atoms with E-state index in [2.05, 4.69) is 0 Å². The van der Waals surface area contributed by atoms with E-state index in [1.165, 1.54) is 28.0 Å². The van der Waals surface area contributed by atoms with Gasteiger partial charge in [0.25, 0.3) is 5.56 Å². The Morgan fingerprint density at radius 1 is 1.42 bits per heavy atom. The SMILES string of the molecule is Cc1cc(O)c(C(=O)C=Cc2ccc(COCCO)s2)c(=O)n1C. The van der Waals surface area contributed by atoms with Crippen LogP contribution in [-0.4, -0.2) is 33.8 Å². The van der Waals surface area contributed by atoms with Crippen LogP contribution >= 0.6 is 11.3 Å². The second kappa shape index (κ2) is 8.05. The molecule has 2 aromatic heterocycles. The lowest BCUT2D eigenvalue weighted by Gasteiger charge is -2.07. The first-order chi connectivity index (χ1) is 11.4. The Labute approximate surface area is 143 Å². The lowest BCUT2D eigenvalue weighted by atomic mass is 10.1. The van der Waals surface area contributed by atoms with Crippen LogP contribution < -0.4 is 5.56 Å². The number of ketones is 1. The fourth-order valence-electron chi connectivity index (χ4n) is 2.08. The van der Waals surface area contributed by atoms with Crippen LogP contribution in [0.15, 0.2) is 29.1 Å². The maximum Gasteiger partial charge on any atom is 0.265 e.